The van der Waals surface area contributed by atoms with Crippen LogP contribution in [0.2, 0.25) is 0 Å². The summed E-state index contributed by atoms with van der Waals surface area (Å²) in [6.07, 6.45) is 85.5. The van der Waals surface area contributed by atoms with Gasteiger partial charge in [0.05, 0.1) is 40.3 Å². The van der Waals surface area contributed by atoms with E-state index in [9.17, 15) is 19.5 Å². The lowest BCUT2D eigenvalue weighted by Crippen LogP contribution is -2.44. The largest absolute Gasteiger partial charge is 0.545 e. The number of aliphatic carboxylic acids is 1. The van der Waals surface area contributed by atoms with Crippen LogP contribution in [0.5, 0.6) is 0 Å². The molecular weight excluding hydrogens is 1080 g/mol. The molecule has 0 amide bonds. The van der Waals surface area contributed by atoms with Crippen LogP contribution < -0.4 is 5.11 Å². The summed E-state index contributed by atoms with van der Waals surface area (Å²) in [5.74, 6) is -2.27. The average Bonchev–Trinajstić information content (AvgIpc) is 3.50. The normalized spacial score (nSPS) is 12.8. The molecule has 0 saturated carbocycles. The second-order valence-electron chi connectivity index (χ2n) is 27.3. The lowest BCUT2D eigenvalue weighted by Gasteiger charge is -2.26. The van der Waals surface area contributed by atoms with Crippen molar-refractivity contribution in [1.82, 2.24) is 0 Å². The smallest absolute Gasteiger partial charge is 0.306 e. The molecule has 0 radical (unpaired) electrons. The first-order valence-corrected chi connectivity index (χ1v) is 38.1. The molecule has 0 spiro atoms. The molecule has 2 atom stereocenters. The van der Waals surface area contributed by atoms with Crippen LogP contribution in [-0.2, 0) is 33.3 Å². The van der Waals surface area contributed by atoms with Gasteiger partial charge in [0.2, 0.25) is 0 Å². The van der Waals surface area contributed by atoms with Gasteiger partial charge < -0.3 is 33.3 Å². The third-order valence-corrected chi connectivity index (χ3v) is 17.4. The van der Waals surface area contributed by atoms with E-state index in [2.05, 4.69) is 50.3 Å². The summed E-state index contributed by atoms with van der Waals surface area (Å²) in [7, 11) is 5.94. The fourth-order valence-corrected chi connectivity index (χ4v) is 11.6. The third kappa shape index (κ3) is 70.8. The summed E-state index contributed by atoms with van der Waals surface area (Å²) < 4.78 is 22.8. The van der Waals surface area contributed by atoms with Crippen LogP contribution in [0.4, 0.5) is 0 Å². The number of ether oxygens (including phenoxy) is 4. The molecule has 0 rings (SSSR count). The first-order valence-electron chi connectivity index (χ1n) is 38.1. The van der Waals surface area contributed by atoms with Crippen molar-refractivity contribution in [2.75, 3.05) is 47.5 Å². The quantitative estimate of drug-likeness (QED) is 0.0195. The predicted octanol–water partition coefficient (Wildman–Crippen LogP) is 22.6. The molecule has 0 saturated heterocycles. The van der Waals surface area contributed by atoms with Gasteiger partial charge >= 0.3 is 11.9 Å². The summed E-state index contributed by atoms with van der Waals surface area (Å²) in [5, 5.41) is 11.8. The van der Waals surface area contributed by atoms with E-state index >= 15 is 0 Å². The molecule has 0 aromatic heterocycles. The number of rotatable bonds is 72. The molecule has 0 heterocycles. The van der Waals surface area contributed by atoms with Crippen molar-refractivity contribution in [2.24, 2.45) is 0 Å². The van der Waals surface area contributed by atoms with Gasteiger partial charge in [-0.3, -0.25) is 9.59 Å². The summed E-state index contributed by atoms with van der Waals surface area (Å²) in [5.41, 5.74) is 0. The molecular formula is C78H147NO8. The summed E-state index contributed by atoms with van der Waals surface area (Å²) in [4.78, 5) is 37.5. The van der Waals surface area contributed by atoms with Crippen molar-refractivity contribution in [2.45, 2.75) is 399 Å². The third-order valence-electron chi connectivity index (χ3n) is 17.4. The highest BCUT2D eigenvalue weighted by Crippen LogP contribution is 2.19. The molecule has 9 nitrogen and oxygen atoms in total. The molecule has 0 fully saturated rings. The van der Waals surface area contributed by atoms with Crippen LogP contribution in [0.25, 0.3) is 0 Å². The first kappa shape index (κ1) is 84.5. The molecule has 0 aliphatic rings. The maximum Gasteiger partial charge on any atom is 0.306 e. The Balaban J connectivity index is 3.95. The molecule has 0 aromatic rings. The van der Waals surface area contributed by atoms with Gasteiger partial charge in [-0.25, -0.2) is 0 Å². The number of carboxylic acids is 1. The molecule has 512 valence electrons. The van der Waals surface area contributed by atoms with Crippen molar-refractivity contribution < 1.29 is 42.9 Å². The van der Waals surface area contributed by atoms with E-state index in [0.717, 1.165) is 57.8 Å². The second-order valence-corrected chi connectivity index (χ2v) is 27.3. The first-order chi connectivity index (χ1) is 42.6. The zero-order chi connectivity index (χ0) is 63.3. The highest BCUT2D eigenvalue weighted by Gasteiger charge is 2.22. The minimum absolute atomic E-state index is 0.148. The molecule has 0 N–H and O–H groups in total. The number of unbranched alkanes of at least 4 members (excludes halogenated alkanes) is 51. The van der Waals surface area contributed by atoms with Gasteiger partial charge in [-0.1, -0.05) is 359 Å². The Kier molecular flexibility index (Phi) is 67.4. The molecule has 2 unspecified atom stereocenters. The van der Waals surface area contributed by atoms with Crippen LogP contribution in [0.3, 0.4) is 0 Å². The zero-order valence-electron chi connectivity index (χ0n) is 58.7. The zero-order valence-corrected chi connectivity index (χ0v) is 58.7. The van der Waals surface area contributed by atoms with E-state index in [4.69, 9.17) is 18.9 Å². The molecule has 9 heteroatoms. The number of likely N-dealkylation sites (N-methyl/N-ethyl adjacent to an activating group) is 1. The van der Waals surface area contributed by atoms with E-state index in [1.165, 1.54) is 295 Å². The maximum atomic E-state index is 12.9. The van der Waals surface area contributed by atoms with Crippen molar-refractivity contribution in [3.05, 3.63) is 36.5 Å². The van der Waals surface area contributed by atoms with E-state index in [1.54, 1.807) is 0 Å². The van der Waals surface area contributed by atoms with Gasteiger partial charge in [-0.05, 0) is 51.4 Å². The lowest BCUT2D eigenvalue weighted by molar-refractivity contribution is -0.870. The van der Waals surface area contributed by atoms with Crippen molar-refractivity contribution >= 4 is 17.9 Å². The van der Waals surface area contributed by atoms with Gasteiger partial charge in [0.25, 0.3) is 0 Å². The van der Waals surface area contributed by atoms with E-state index in [-0.39, 0.29) is 32.2 Å². The Hall–Kier alpha value is -2.49. The second kappa shape index (κ2) is 69.4. The van der Waals surface area contributed by atoms with Crippen LogP contribution in [0.15, 0.2) is 36.5 Å². The SMILES string of the molecule is CCCCCCC/C=C\C/C=C\C/C=C\CCCCCCCCCCC(=O)OC(COC(=O)CCCCCCCCCCCCCCCCCCCCCCCCCCCCCCCCCCCCCCCCC)COC(OCC[N+](C)(C)C)C(=O)[O-]. The van der Waals surface area contributed by atoms with Crippen molar-refractivity contribution in [3.8, 4) is 0 Å². The number of carbonyl (C=O) groups is 3. The highest BCUT2D eigenvalue weighted by molar-refractivity contribution is 5.70. The molecule has 0 aliphatic heterocycles. The van der Waals surface area contributed by atoms with Crippen LogP contribution in [0.1, 0.15) is 386 Å². The Bertz CT molecular complexity index is 1520. The number of esters is 2. The van der Waals surface area contributed by atoms with Crippen LogP contribution in [-0.4, -0.2) is 82.3 Å². The number of hydrogen-bond donors (Lipinski definition) is 0. The topological polar surface area (TPSA) is 111 Å². The minimum atomic E-state index is -1.62. The predicted molar refractivity (Wildman–Crippen MR) is 371 cm³/mol. The van der Waals surface area contributed by atoms with Gasteiger partial charge in [-0.15, -0.1) is 0 Å². The summed E-state index contributed by atoms with van der Waals surface area (Å²) in [6.45, 7) is 4.79. The molecule has 0 bridgehead atoms. The number of nitrogens with zero attached hydrogens (tertiary/aromatic N) is 1. The molecule has 87 heavy (non-hydrogen) atoms. The van der Waals surface area contributed by atoms with Crippen molar-refractivity contribution in [3.63, 3.8) is 0 Å². The number of quaternary nitrogens is 1. The fourth-order valence-electron chi connectivity index (χ4n) is 11.6. The lowest BCUT2D eigenvalue weighted by atomic mass is 10.0. The van der Waals surface area contributed by atoms with Gasteiger partial charge in [0, 0.05) is 12.8 Å². The summed E-state index contributed by atoms with van der Waals surface area (Å²) >= 11 is 0. The molecule has 0 aromatic carbocycles. The Morgan fingerprint density at radius 2 is 0.621 bits per heavy atom. The van der Waals surface area contributed by atoms with Crippen molar-refractivity contribution in [1.29, 1.82) is 0 Å². The Morgan fingerprint density at radius 3 is 0.920 bits per heavy atom. The standard InChI is InChI=1S/C78H147NO8/c1-6-8-10-12-14-16-18-20-22-24-26-28-30-31-32-33-34-35-36-37-38-39-40-41-42-43-44-45-47-48-50-52-54-56-58-60-62-64-66-68-75(80)85-72-74(73-86-78(77(82)83)84-71-70-79(3,4)5)87-76(81)69-67-65-63-61-59-57-55-53-51-49-46-29-27-25-23-21-19-17-15-13-11-9-7-2/h19,21,25,27,46,49,74,78H,6-18,20,22-24,26,28-45,47-48,50-73H2,1-5H3/b21-19-,27-25-,49-46-. The van der Waals surface area contributed by atoms with Crippen LogP contribution >= 0.6 is 0 Å². The summed E-state index contributed by atoms with van der Waals surface area (Å²) in [6, 6.07) is 0. The monoisotopic (exact) mass is 1230 g/mol. The van der Waals surface area contributed by atoms with Gasteiger partial charge in [0.1, 0.15) is 13.2 Å². The number of allylic oxidation sites excluding steroid dienone is 6. The van der Waals surface area contributed by atoms with Crippen LogP contribution in [0, 0.1) is 0 Å². The number of carboxylic acid groups (broad SMARTS) is 1. The maximum absolute atomic E-state index is 12.9. The number of hydrogen-bond acceptors (Lipinski definition) is 8. The average molecular weight is 1230 g/mol. The van der Waals surface area contributed by atoms with E-state index in [1.807, 2.05) is 21.1 Å². The van der Waals surface area contributed by atoms with Gasteiger partial charge in [-0.2, -0.15) is 0 Å². The Labute approximate surface area is 540 Å². The van der Waals surface area contributed by atoms with E-state index < -0.39 is 24.3 Å². The minimum Gasteiger partial charge on any atom is -0.545 e. The van der Waals surface area contributed by atoms with Gasteiger partial charge in [0.15, 0.2) is 12.4 Å². The van der Waals surface area contributed by atoms with E-state index in [0.29, 0.717) is 23.9 Å². The molecule has 0 aliphatic carbocycles. The fraction of sp³-hybridized carbons (Fsp3) is 0.885. The Morgan fingerprint density at radius 1 is 0.345 bits per heavy atom. The number of carbonyl (C=O) groups excluding carboxylic acids is 3. The highest BCUT2D eigenvalue weighted by atomic mass is 16.7.